The summed E-state index contributed by atoms with van der Waals surface area (Å²) in [7, 11) is 1.72. The van der Waals surface area contributed by atoms with Crippen LogP contribution in [-0.2, 0) is 23.1 Å². The number of carbonyl (C=O) groups excluding carboxylic acids is 1. The van der Waals surface area contributed by atoms with E-state index < -0.39 is 5.97 Å². The summed E-state index contributed by atoms with van der Waals surface area (Å²) in [5.41, 5.74) is 2.38. The zero-order valence-electron chi connectivity index (χ0n) is 12.0. The number of aryl methyl sites for hydroxylation is 2. The molecular weight excluding hydrogens is 270 g/mol. The predicted octanol–water partition coefficient (Wildman–Crippen LogP) is 1.39. The van der Waals surface area contributed by atoms with Crippen LogP contribution < -0.4 is 4.90 Å². The fraction of sp³-hybridized carbons (Fsp3) is 0.267. The van der Waals surface area contributed by atoms with Crippen molar-refractivity contribution in [3.63, 3.8) is 0 Å². The molecule has 0 bridgehead atoms. The van der Waals surface area contributed by atoms with Crippen LogP contribution in [0.5, 0.6) is 0 Å². The van der Waals surface area contributed by atoms with Gasteiger partial charge in [-0.3, -0.25) is 19.2 Å². The molecule has 1 heterocycles. The first-order valence-electron chi connectivity index (χ1n) is 6.52. The summed E-state index contributed by atoms with van der Waals surface area (Å²) in [6.07, 6.45) is 3.27. The van der Waals surface area contributed by atoms with E-state index in [0.717, 1.165) is 11.1 Å². The zero-order chi connectivity index (χ0) is 15.4. The van der Waals surface area contributed by atoms with Gasteiger partial charge in [0.2, 0.25) is 5.91 Å². The maximum atomic E-state index is 12.4. The van der Waals surface area contributed by atoms with E-state index in [1.807, 2.05) is 31.2 Å². The molecule has 0 fully saturated rings. The summed E-state index contributed by atoms with van der Waals surface area (Å²) in [6, 6.07) is 7.56. The molecule has 6 nitrogen and oxygen atoms in total. The topological polar surface area (TPSA) is 75.4 Å². The number of anilines is 1. The van der Waals surface area contributed by atoms with Gasteiger partial charge in [0.15, 0.2) is 0 Å². The third kappa shape index (κ3) is 3.68. The first kappa shape index (κ1) is 14.8. The first-order chi connectivity index (χ1) is 9.97. The van der Waals surface area contributed by atoms with Crippen LogP contribution in [0.3, 0.4) is 0 Å². The van der Waals surface area contributed by atoms with Gasteiger partial charge in [0.1, 0.15) is 6.54 Å². The van der Waals surface area contributed by atoms with E-state index >= 15 is 0 Å². The van der Waals surface area contributed by atoms with E-state index in [-0.39, 0.29) is 18.9 Å². The fourth-order valence-corrected chi connectivity index (χ4v) is 2.07. The molecular formula is C15H17N3O3. The molecule has 0 unspecified atom stereocenters. The third-order valence-electron chi connectivity index (χ3n) is 3.20. The van der Waals surface area contributed by atoms with Crippen LogP contribution in [0.4, 0.5) is 5.69 Å². The highest BCUT2D eigenvalue weighted by atomic mass is 16.4. The van der Waals surface area contributed by atoms with Crippen LogP contribution in [-0.4, -0.2) is 33.3 Å². The Balaban J connectivity index is 2.22. The number of hydrogen-bond acceptors (Lipinski definition) is 3. The zero-order valence-corrected chi connectivity index (χ0v) is 12.0. The molecule has 0 radical (unpaired) electrons. The number of nitrogens with zero attached hydrogens (tertiary/aromatic N) is 3. The number of amides is 1. The van der Waals surface area contributed by atoms with Gasteiger partial charge < -0.3 is 5.11 Å². The van der Waals surface area contributed by atoms with Crippen LogP contribution in [0.1, 0.15) is 11.1 Å². The highest BCUT2D eigenvalue weighted by molar-refractivity contribution is 5.98. The maximum absolute atomic E-state index is 12.4. The lowest BCUT2D eigenvalue weighted by Crippen LogP contribution is -2.36. The second kappa shape index (κ2) is 6.21. The predicted molar refractivity (Wildman–Crippen MR) is 78.1 cm³/mol. The van der Waals surface area contributed by atoms with Gasteiger partial charge in [-0.25, -0.2) is 0 Å². The standard InChI is InChI=1S/C15H17N3O3/c1-11-5-3-4-6-12(11)7-14(19)18(10-15(20)21)13-8-16-17(2)9-13/h3-6,8-9H,7,10H2,1-2H3,(H,20,21). The molecule has 2 rings (SSSR count). The Labute approximate surface area is 122 Å². The van der Waals surface area contributed by atoms with Gasteiger partial charge in [0.05, 0.1) is 18.3 Å². The smallest absolute Gasteiger partial charge is 0.323 e. The number of carbonyl (C=O) groups is 2. The Kier molecular flexibility index (Phi) is 4.37. The summed E-state index contributed by atoms with van der Waals surface area (Å²) in [5, 5.41) is 13.0. The maximum Gasteiger partial charge on any atom is 0.323 e. The lowest BCUT2D eigenvalue weighted by molar-refractivity contribution is -0.136. The van der Waals surface area contributed by atoms with E-state index in [9.17, 15) is 9.59 Å². The average molecular weight is 287 g/mol. The normalized spacial score (nSPS) is 10.4. The minimum atomic E-state index is -1.06. The molecule has 0 aliphatic carbocycles. The van der Waals surface area contributed by atoms with Crippen molar-refractivity contribution >= 4 is 17.6 Å². The minimum Gasteiger partial charge on any atom is -0.480 e. The molecule has 1 aromatic heterocycles. The van der Waals surface area contributed by atoms with Crippen molar-refractivity contribution in [2.24, 2.45) is 7.05 Å². The van der Waals surface area contributed by atoms with Crippen molar-refractivity contribution in [3.05, 3.63) is 47.8 Å². The van der Waals surface area contributed by atoms with Crippen molar-refractivity contribution in [1.82, 2.24) is 9.78 Å². The van der Waals surface area contributed by atoms with Gasteiger partial charge in [-0.05, 0) is 18.1 Å². The van der Waals surface area contributed by atoms with Crippen molar-refractivity contribution in [1.29, 1.82) is 0 Å². The van der Waals surface area contributed by atoms with Crippen LogP contribution in [0.25, 0.3) is 0 Å². The number of hydrogen-bond donors (Lipinski definition) is 1. The number of aliphatic carboxylic acids is 1. The van der Waals surface area contributed by atoms with Crippen molar-refractivity contribution in [2.45, 2.75) is 13.3 Å². The van der Waals surface area contributed by atoms with E-state index in [4.69, 9.17) is 5.11 Å². The number of benzene rings is 1. The van der Waals surface area contributed by atoms with Crippen molar-refractivity contribution in [3.8, 4) is 0 Å². The number of rotatable bonds is 5. The molecule has 6 heteroatoms. The van der Waals surface area contributed by atoms with Gasteiger partial charge in [-0.15, -0.1) is 0 Å². The molecule has 2 aromatic rings. The second-order valence-corrected chi connectivity index (χ2v) is 4.85. The average Bonchev–Trinajstić information content (AvgIpc) is 2.85. The molecule has 1 N–H and O–H groups in total. The molecule has 0 aliphatic heterocycles. The number of carboxylic acid groups (broad SMARTS) is 1. The van der Waals surface area contributed by atoms with Gasteiger partial charge in [0.25, 0.3) is 0 Å². The Morgan fingerprint density at radius 1 is 1.33 bits per heavy atom. The van der Waals surface area contributed by atoms with Crippen LogP contribution >= 0.6 is 0 Å². The second-order valence-electron chi connectivity index (χ2n) is 4.85. The molecule has 110 valence electrons. The Bertz CT molecular complexity index is 664. The quantitative estimate of drug-likeness (QED) is 0.901. The number of carboxylic acids is 1. The summed E-state index contributed by atoms with van der Waals surface area (Å²) in [5.74, 6) is -1.32. The number of aromatic nitrogens is 2. The summed E-state index contributed by atoms with van der Waals surface area (Å²) >= 11 is 0. The molecule has 1 amide bonds. The van der Waals surface area contributed by atoms with Crippen molar-refractivity contribution in [2.75, 3.05) is 11.4 Å². The molecule has 1 aromatic carbocycles. The Morgan fingerprint density at radius 2 is 2.05 bits per heavy atom. The molecule has 0 saturated carbocycles. The van der Waals surface area contributed by atoms with Crippen LogP contribution in [0, 0.1) is 6.92 Å². The monoisotopic (exact) mass is 287 g/mol. The van der Waals surface area contributed by atoms with Crippen LogP contribution in [0.2, 0.25) is 0 Å². The lowest BCUT2D eigenvalue weighted by atomic mass is 10.1. The Hall–Kier alpha value is -2.63. The largest absolute Gasteiger partial charge is 0.480 e. The lowest BCUT2D eigenvalue weighted by Gasteiger charge is -2.19. The van der Waals surface area contributed by atoms with Gasteiger partial charge in [-0.1, -0.05) is 24.3 Å². The van der Waals surface area contributed by atoms with E-state index in [1.165, 1.54) is 15.8 Å². The van der Waals surface area contributed by atoms with E-state index in [1.54, 1.807) is 13.2 Å². The highest BCUT2D eigenvalue weighted by Gasteiger charge is 2.20. The molecule has 0 aliphatic rings. The van der Waals surface area contributed by atoms with Gasteiger partial charge in [0, 0.05) is 13.2 Å². The summed E-state index contributed by atoms with van der Waals surface area (Å²) in [6.45, 7) is 1.55. The van der Waals surface area contributed by atoms with Crippen molar-refractivity contribution < 1.29 is 14.7 Å². The summed E-state index contributed by atoms with van der Waals surface area (Å²) < 4.78 is 1.53. The highest BCUT2D eigenvalue weighted by Crippen LogP contribution is 2.16. The summed E-state index contributed by atoms with van der Waals surface area (Å²) in [4.78, 5) is 24.7. The van der Waals surface area contributed by atoms with Gasteiger partial charge >= 0.3 is 5.97 Å². The van der Waals surface area contributed by atoms with E-state index in [0.29, 0.717) is 5.69 Å². The third-order valence-corrected chi connectivity index (χ3v) is 3.20. The fourth-order valence-electron chi connectivity index (χ4n) is 2.07. The first-order valence-corrected chi connectivity index (χ1v) is 6.52. The molecule has 0 saturated heterocycles. The molecule has 0 atom stereocenters. The minimum absolute atomic E-state index is 0.162. The van der Waals surface area contributed by atoms with E-state index in [2.05, 4.69) is 5.10 Å². The Morgan fingerprint density at radius 3 is 2.62 bits per heavy atom. The van der Waals surface area contributed by atoms with Gasteiger partial charge in [-0.2, -0.15) is 5.10 Å². The molecule has 0 spiro atoms. The van der Waals surface area contributed by atoms with Crippen LogP contribution in [0.15, 0.2) is 36.7 Å². The SMILES string of the molecule is Cc1ccccc1CC(=O)N(CC(=O)O)c1cnn(C)c1. The molecule has 21 heavy (non-hydrogen) atoms.